The van der Waals surface area contributed by atoms with E-state index in [-0.39, 0.29) is 0 Å². The predicted molar refractivity (Wildman–Crippen MR) is 61.2 cm³/mol. The number of halogens is 1. The molecule has 0 aliphatic heterocycles. The maximum Gasteiger partial charge on any atom is 0.335 e. The van der Waals surface area contributed by atoms with Gasteiger partial charge in [-0.3, -0.25) is 0 Å². The van der Waals surface area contributed by atoms with Gasteiger partial charge in [-0.1, -0.05) is 6.07 Å². The number of hydrogen-bond acceptors (Lipinski definition) is 2. The molecule has 0 unspecified atom stereocenters. The molecule has 0 atom stereocenters. The first-order valence-electron chi connectivity index (χ1n) is 4.01. The van der Waals surface area contributed by atoms with Gasteiger partial charge in [0.25, 0.3) is 0 Å². The number of carboxylic acids is 1. The molecule has 4 heteroatoms. The summed E-state index contributed by atoms with van der Waals surface area (Å²) in [7, 11) is 0. The summed E-state index contributed by atoms with van der Waals surface area (Å²) in [6.45, 7) is 2.02. The number of carbonyl (C=O) groups is 1. The Balaban J connectivity index is 2.73. The minimum absolute atomic E-state index is 0.339. The SMILES string of the molecule is Cc1c(Br)sc2cc(C(=O)O)ccc12. The molecule has 0 aliphatic carbocycles. The summed E-state index contributed by atoms with van der Waals surface area (Å²) in [5, 5.41) is 9.93. The van der Waals surface area contributed by atoms with Crippen molar-refractivity contribution in [2.45, 2.75) is 6.92 Å². The van der Waals surface area contributed by atoms with Crippen LogP contribution in [0.3, 0.4) is 0 Å². The number of rotatable bonds is 1. The van der Waals surface area contributed by atoms with Crippen LogP contribution in [-0.2, 0) is 0 Å². The minimum Gasteiger partial charge on any atom is -0.478 e. The molecule has 2 nitrogen and oxygen atoms in total. The molecule has 0 saturated heterocycles. The highest BCUT2D eigenvalue weighted by Crippen LogP contribution is 2.35. The van der Waals surface area contributed by atoms with Gasteiger partial charge in [-0.25, -0.2) is 4.79 Å². The van der Waals surface area contributed by atoms with Crippen molar-refractivity contribution in [1.82, 2.24) is 0 Å². The molecule has 1 heterocycles. The van der Waals surface area contributed by atoms with E-state index in [2.05, 4.69) is 15.9 Å². The van der Waals surface area contributed by atoms with Crippen LogP contribution in [0.5, 0.6) is 0 Å². The largest absolute Gasteiger partial charge is 0.478 e. The lowest BCUT2D eigenvalue weighted by Crippen LogP contribution is -1.94. The maximum absolute atomic E-state index is 10.7. The van der Waals surface area contributed by atoms with Gasteiger partial charge < -0.3 is 5.11 Å². The monoisotopic (exact) mass is 270 g/mol. The van der Waals surface area contributed by atoms with Crippen molar-refractivity contribution in [1.29, 1.82) is 0 Å². The van der Waals surface area contributed by atoms with Crippen LogP contribution in [0.2, 0.25) is 0 Å². The van der Waals surface area contributed by atoms with Crippen LogP contribution in [0.15, 0.2) is 22.0 Å². The van der Waals surface area contributed by atoms with E-state index < -0.39 is 5.97 Å². The average Bonchev–Trinajstić information content (AvgIpc) is 2.42. The van der Waals surface area contributed by atoms with E-state index in [4.69, 9.17) is 5.11 Å². The van der Waals surface area contributed by atoms with Crippen LogP contribution in [0.4, 0.5) is 0 Å². The van der Waals surface area contributed by atoms with Crippen LogP contribution < -0.4 is 0 Å². The van der Waals surface area contributed by atoms with Gasteiger partial charge in [0, 0.05) is 4.70 Å². The lowest BCUT2D eigenvalue weighted by Gasteiger charge is -1.94. The number of hydrogen-bond donors (Lipinski definition) is 1. The highest BCUT2D eigenvalue weighted by Gasteiger charge is 2.09. The molecule has 14 heavy (non-hydrogen) atoms. The van der Waals surface area contributed by atoms with E-state index >= 15 is 0 Å². The number of aromatic carboxylic acids is 1. The lowest BCUT2D eigenvalue weighted by atomic mass is 10.1. The van der Waals surface area contributed by atoms with Crippen LogP contribution in [-0.4, -0.2) is 11.1 Å². The molecule has 1 aromatic heterocycles. The van der Waals surface area contributed by atoms with E-state index in [0.29, 0.717) is 5.56 Å². The van der Waals surface area contributed by atoms with Gasteiger partial charge in [-0.05, 0) is 45.9 Å². The van der Waals surface area contributed by atoms with E-state index in [0.717, 1.165) is 13.9 Å². The van der Waals surface area contributed by atoms with Gasteiger partial charge in [-0.15, -0.1) is 11.3 Å². The van der Waals surface area contributed by atoms with Crippen molar-refractivity contribution in [2.24, 2.45) is 0 Å². The normalized spacial score (nSPS) is 10.7. The van der Waals surface area contributed by atoms with E-state index in [1.54, 1.807) is 23.5 Å². The zero-order chi connectivity index (χ0) is 10.3. The van der Waals surface area contributed by atoms with Crippen molar-refractivity contribution in [3.8, 4) is 0 Å². The number of aryl methyl sites for hydroxylation is 1. The van der Waals surface area contributed by atoms with Crippen molar-refractivity contribution in [3.63, 3.8) is 0 Å². The smallest absolute Gasteiger partial charge is 0.335 e. The summed E-state index contributed by atoms with van der Waals surface area (Å²) >= 11 is 5.00. The summed E-state index contributed by atoms with van der Waals surface area (Å²) in [6, 6.07) is 5.20. The number of fused-ring (bicyclic) bond motifs is 1. The predicted octanol–water partition coefficient (Wildman–Crippen LogP) is 3.67. The van der Waals surface area contributed by atoms with Gasteiger partial charge >= 0.3 is 5.97 Å². The Morgan fingerprint density at radius 3 is 2.86 bits per heavy atom. The van der Waals surface area contributed by atoms with E-state index in [1.807, 2.05) is 13.0 Å². The third-order valence-electron chi connectivity index (χ3n) is 2.13. The molecule has 1 N–H and O–H groups in total. The summed E-state index contributed by atoms with van der Waals surface area (Å²) in [5.41, 5.74) is 1.51. The summed E-state index contributed by atoms with van der Waals surface area (Å²) < 4.78 is 2.07. The second kappa shape index (κ2) is 3.37. The van der Waals surface area contributed by atoms with Gasteiger partial charge in [0.1, 0.15) is 0 Å². The number of benzene rings is 1. The van der Waals surface area contributed by atoms with Gasteiger partial charge in [0.15, 0.2) is 0 Å². The fourth-order valence-electron chi connectivity index (χ4n) is 1.33. The van der Waals surface area contributed by atoms with Crippen LogP contribution in [0.25, 0.3) is 10.1 Å². The zero-order valence-electron chi connectivity index (χ0n) is 7.37. The molecule has 2 rings (SSSR count). The third-order valence-corrected chi connectivity index (χ3v) is 4.25. The fraction of sp³-hybridized carbons (Fsp3) is 0.100. The molecule has 1 aromatic carbocycles. The molecule has 0 saturated carbocycles. The highest BCUT2D eigenvalue weighted by molar-refractivity contribution is 9.11. The van der Waals surface area contributed by atoms with Crippen molar-refractivity contribution >= 4 is 43.3 Å². The van der Waals surface area contributed by atoms with Gasteiger partial charge in [-0.2, -0.15) is 0 Å². The first-order valence-corrected chi connectivity index (χ1v) is 5.62. The molecule has 0 spiro atoms. The quantitative estimate of drug-likeness (QED) is 0.859. The average molecular weight is 271 g/mol. The number of thiophene rings is 1. The molecule has 72 valence electrons. The van der Waals surface area contributed by atoms with Gasteiger partial charge in [0.05, 0.1) is 9.35 Å². The van der Waals surface area contributed by atoms with Crippen molar-refractivity contribution < 1.29 is 9.90 Å². The Bertz CT molecular complexity index is 516. The van der Waals surface area contributed by atoms with Crippen LogP contribution in [0.1, 0.15) is 15.9 Å². The van der Waals surface area contributed by atoms with E-state index in [9.17, 15) is 4.79 Å². The Kier molecular flexibility index (Phi) is 2.33. The summed E-state index contributed by atoms with van der Waals surface area (Å²) in [5.74, 6) is -0.880. The Morgan fingerprint density at radius 1 is 1.50 bits per heavy atom. The lowest BCUT2D eigenvalue weighted by molar-refractivity contribution is 0.0697. The van der Waals surface area contributed by atoms with E-state index in [1.165, 1.54) is 5.56 Å². The second-order valence-corrected chi connectivity index (χ2v) is 5.39. The molecular formula is C10H7BrO2S. The van der Waals surface area contributed by atoms with Gasteiger partial charge in [0.2, 0.25) is 0 Å². The number of carboxylic acid groups (broad SMARTS) is 1. The summed E-state index contributed by atoms with van der Waals surface area (Å²) in [6.07, 6.45) is 0. The standard InChI is InChI=1S/C10H7BrO2S/c1-5-7-3-2-6(10(12)13)4-8(7)14-9(5)11/h2-4H,1H3,(H,12,13). The molecule has 0 fully saturated rings. The molecule has 0 bridgehead atoms. The zero-order valence-corrected chi connectivity index (χ0v) is 9.78. The molecule has 0 amide bonds. The topological polar surface area (TPSA) is 37.3 Å². The van der Waals surface area contributed by atoms with Crippen LogP contribution >= 0.6 is 27.3 Å². The Morgan fingerprint density at radius 2 is 2.21 bits per heavy atom. The first kappa shape index (κ1) is 9.68. The van der Waals surface area contributed by atoms with Crippen molar-refractivity contribution in [2.75, 3.05) is 0 Å². The molecule has 0 radical (unpaired) electrons. The molecular weight excluding hydrogens is 264 g/mol. The Hall–Kier alpha value is -0.870. The Labute approximate surface area is 93.3 Å². The first-order chi connectivity index (χ1) is 6.59. The molecule has 2 aromatic rings. The van der Waals surface area contributed by atoms with Crippen LogP contribution in [0, 0.1) is 6.92 Å². The minimum atomic E-state index is -0.880. The van der Waals surface area contributed by atoms with Crippen molar-refractivity contribution in [3.05, 3.63) is 33.1 Å². The highest BCUT2D eigenvalue weighted by atomic mass is 79.9. The summed E-state index contributed by atoms with van der Waals surface area (Å²) in [4.78, 5) is 10.7. The fourth-order valence-corrected chi connectivity index (χ4v) is 3.04. The second-order valence-electron chi connectivity index (χ2n) is 3.02. The molecule has 0 aliphatic rings. The third kappa shape index (κ3) is 1.44. The maximum atomic E-state index is 10.7.